The highest BCUT2D eigenvalue weighted by atomic mass is 16.7. The van der Waals surface area contributed by atoms with E-state index >= 15 is 0 Å². The van der Waals surface area contributed by atoms with Gasteiger partial charge in [-0.15, -0.1) is 0 Å². The van der Waals surface area contributed by atoms with E-state index in [-0.39, 0.29) is 25.4 Å². The van der Waals surface area contributed by atoms with E-state index in [0.717, 1.165) is 12.8 Å². The van der Waals surface area contributed by atoms with E-state index in [1.54, 1.807) is 7.11 Å². The maximum atomic E-state index is 9.97. The first kappa shape index (κ1) is 15.9. The van der Waals surface area contributed by atoms with Crippen LogP contribution >= 0.6 is 0 Å². The molecule has 0 spiro atoms. The largest absolute Gasteiger partial charge is 0.396 e. The highest BCUT2D eigenvalue weighted by molar-refractivity contribution is 4.84. The van der Waals surface area contributed by atoms with Crippen LogP contribution in [-0.2, 0) is 14.2 Å². The lowest BCUT2D eigenvalue weighted by atomic mass is 9.94. The van der Waals surface area contributed by atoms with Crippen molar-refractivity contribution in [2.75, 3.05) is 20.3 Å². The maximum absolute atomic E-state index is 9.97. The second-order valence-electron chi connectivity index (χ2n) is 5.49. The van der Waals surface area contributed by atoms with Gasteiger partial charge in [0, 0.05) is 13.7 Å². The van der Waals surface area contributed by atoms with Crippen molar-refractivity contribution < 1.29 is 24.4 Å². The number of methoxy groups -OCH3 is 1. The molecule has 1 aliphatic heterocycles. The third-order valence-electron chi connectivity index (χ3n) is 3.33. The molecular weight excluding hydrogens is 236 g/mol. The van der Waals surface area contributed by atoms with Crippen LogP contribution < -0.4 is 0 Å². The topological polar surface area (TPSA) is 68.2 Å². The molecule has 108 valence electrons. The minimum absolute atomic E-state index is 0.167. The zero-order valence-electron chi connectivity index (χ0n) is 11.8. The zero-order valence-corrected chi connectivity index (χ0v) is 11.8. The first-order chi connectivity index (χ1) is 8.39. The van der Waals surface area contributed by atoms with Gasteiger partial charge in [0.15, 0.2) is 5.79 Å². The number of ether oxygens (including phenoxy) is 3. The molecule has 4 atom stereocenters. The van der Waals surface area contributed by atoms with E-state index in [2.05, 4.69) is 6.92 Å². The van der Waals surface area contributed by atoms with Crippen LogP contribution in [0.5, 0.6) is 0 Å². The molecule has 0 unspecified atom stereocenters. The van der Waals surface area contributed by atoms with Crippen LogP contribution in [0.25, 0.3) is 0 Å². The fourth-order valence-electron chi connectivity index (χ4n) is 2.24. The van der Waals surface area contributed by atoms with Crippen molar-refractivity contribution in [1.82, 2.24) is 0 Å². The lowest BCUT2D eigenvalue weighted by Gasteiger charge is -2.42. The van der Waals surface area contributed by atoms with E-state index in [9.17, 15) is 5.11 Å². The highest BCUT2D eigenvalue weighted by Crippen LogP contribution is 2.28. The predicted molar refractivity (Wildman–Crippen MR) is 67.2 cm³/mol. The van der Waals surface area contributed by atoms with Crippen molar-refractivity contribution >= 4 is 0 Å². The number of hydrogen-bond acceptors (Lipinski definition) is 5. The van der Waals surface area contributed by atoms with Gasteiger partial charge < -0.3 is 24.4 Å². The molecule has 1 rings (SSSR count). The molecule has 18 heavy (non-hydrogen) atoms. The molecular formula is C13H26O5. The van der Waals surface area contributed by atoms with Gasteiger partial charge >= 0.3 is 0 Å². The molecule has 5 heteroatoms. The Kier molecular flexibility index (Phi) is 6.01. The normalized spacial score (nSPS) is 31.0. The molecule has 1 heterocycles. The lowest BCUT2D eigenvalue weighted by molar-refractivity contribution is -0.320. The quantitative estimate of drug-likeness (QED) is 0.745. The molecule has 0 amide bonds. The summed E-state index contributed by atoms with van der Waals surface area (Å²) in [7, 11) is 1.62. The predicted octanol–water partition coefficient (Wildman–Crippen LogP) is 0.922. The summed E-state index contributed by atoms with van der Waals surface area (Å²) >= 11 is 0. The summed E-state index contributed by atoms with van der Waals surface area (Å²) in [5, 5.41) is 18.9. The fourth-order valence-corrected chi connectivity index (χ4v) is 2.24. The molecule has 0 aromatic heterocycles. The number of hydrogen-bond donors (Lipinski definition) is 2. The average molecular weight is 262 g/mol. The first-order valence-electron chi connectivity index (χ1n) is 6.53. The molecule has 0 aromatic rings. The molecule has 0 aromatic carbocycles. The third kappa shape index (κ3) is 4.48. The second kappa shape index (κ2) is 6.82. The summed E-state index contributed by atoms with van der Waals surface area (Å²) < 4.78 is 16.6. The van der Waals surface area contributed by atoms with Crippen LogP contribution in [0, 0.1) is 5.92 Å². The second-order valence-corrected chi connectivity index (χ2v) is 5.49. The summed E-state index contributed by atoms with van der Waals surface area (Å²) in [4.78, 5) is 0. The molecule has 1 fully saturated rings. The Morgan fingerprint density at radius 3 is 2.67 bits per heavy atom. The van der Waals surface area contributed by atoms with Gasteiger partial charge in [-0.3, -0.25) is 0 Å². The lowest BCUT2D eigenvalue weighted by Crippen LogP contribution is -2.54. The fraction of sp³-hybridized carbons (Fsp3) is 1.00. The average Bonchev–Trinajstić information content (AvgIpc) is 2.30. The SMILES string of the molecule is CO[C@@H](C[C@@H](C)CCO)[C@H]1OC(C)(C)OC[C@H]1O. The van der Waals surface area contributed by atoms with E-state index in [0.29, 0.717) is 5.92 Å². The van der Waals surface area contributed by atoms with Gasteiger partial charge in [0.2, 0.25) is 0 Å². The Morgan fingerprint density at radius 2 is 2.11 bits per heavy atom. The summed E-state index contributed by atoms with van der Waals surface area (Å²) in [6, 6.07) is 0. The van der Waals surface area contributed by atoms with Gasteiger partial charge in [-0.05, 0) is 32.6 Å². The van der Waals surface area contributed by atoms with Gasteiger partial charge in [0.1, 0.15) is 12.2 Å². The van der Waals surface area contributed by atoms with Crippen LogP contribution in [0.1, 0.15) is 33.6 Å². The van der Waals surface area contributed by atoms with Crippen LogP contribution in [0.15, 0.2) is 0 Å². The minimum Gasteiger partial charge on any atom is -0.396 e. The Labute approximate surface area is 109 Å². The Balaban J connectivity index is 2.61. The zero-order chi connectivity index (χ0) is 13.8. The first-order valence-corrected chi connectivity index (χ1v) is 6.53. The summed E-state index contributed by atoms with van der Waals surface area (Å²) in [5.41, 5.74) is 0. The van der Waals surface area contributed by atoms with Crippen molar-refractivity contribution in [2.45, 2.75) is 57.7 Å². The maximum Gasteiger partial charge on any atom is 0.163 e. The van der Waals surface area contributed by atoms with Crippen molar-refractivity contribution in [3.05, 3.63) is 0 Å². The summed E-state index contributed by atoms with van der Waals surface area (Å²) in [5.74, 6) is -0.373. The van der Waals surface area contributed by atoms with Crippen LogP contribution in [0.4, 0.5) is 0 Å². The molecule has 1 saturated heterocycles. The molecule has 5 nitrogen and oxygen atoms in total. The van der Waals surface area contributed by atoms with Crippen molar-refractivity contribution in [3.63, 3.8) is 0 Å². The Hall–Kier alpha value is -0.200. The summed E-state index contributed by atoms with van der Waals surface area (Å²) in [6.07, 6.45) is 0.214. The number of aliphatic hydroxyl groups is 2. The third-order valence-corrected chi connectivity index (χ3v) is 3.33. The molecule has 0 aliphatic carbocycles. The van der Waals surface area contributed by atoms with Gasteiger partial charge in [0.25, 0.3) is 0 Å². The Morgan fingerprint density at radius 1 is 1.44 bits per heavy atom. The van der Waals surface area contributed by atoms with E-state index in [4.69, 9.17) is 19.3 Å². The van der Waals surface area contributed by atoms with E-state index < -0.39 is 11.9 Å². The standard InChI is InChI=1S/C13H26O5/c1-9(5-6-14)7-11(16-4)12-10(15)8-17-13(2,3)18-12/h9-12,14-15H,5-8H2,1-4H3/t9-,10+,11-,12-/m0/s1. The minimum atomic E-state index is -0.694. The smallest absolute Gasteiger partial charge is 0.163 e. The van der Waals surface area contributed by atoms with Gasteiger partial charge in [0.05, 0.1) is 12.7 Å². The Bertz CT molecular complexity index is 244. The van der Waals surface area contributed by atoms with E-state index in [1.165, 1.54) is 0 Å². The van der Waals surface area contributed by atoms with Gasteiger partial charge in [-0.25, -0.2) is 0 Å². The number of rotatable bonds is 6. The van der Waals surface area contributed by atoms with Gasteiger partial charge in [-0.1, -0.05) is 6.92 Å². The van der Waals surface area contributed by atoms with Crippen molar-refractivity contribution in [2.24, 2.45) is 5.92 Å². The summed E-state index contributed by atoms with van der Waals surface area (Å²) in [6.45, 7) is 6.14. The van der Waals surface area contributed by atoms with Crippen molar-refractivity contribution in [3.8, 4) is 0 Å². The monoisotopic (exact) mass is 262 g/mol. The molecule has 0 bridgehead atoms. The molecule has 1 aliphatic rings. The van der Waals surface area contributed by atoms with Crippen LogP contribution in [-0.4, -0.2) is 54.6 Å². The van der Waals surface area contributed by atoms with E-state index in [1.807, 2.05) is 13.8 Å². The van der Waals surface area contributed by atoms with Crippen LogP contribution in [0.2, 0.25) is 0 Å². The molecule has 2 N–H and O–H groups in total. The highest BCUT2D eigenvalue weighted by Gasteiger charge is 2.40. The van der Waals surface area contributed by atoms with Gasteiger partial charge in [-0.2, -0.15) is 0 Å². The van der Waals surface area contributed by atoms with Crippen LogP contribution in [0.3, 0.4) is 0 Å². The van der Waals surface area contributed by atoms with Crippen molar-refractivity contribution in [1.29, 1.82) is 0 Å². The number of aliphatic hydroxyl groups excluding tert-OH is 2. The molecule has 0 saturated carbocycles. The molecule has 0 radical (unpaired) electrons.